The summed E-state index contributed by atoms with van der Waals surface area (Å²) in [5, 5.41) is 21.5. The standard InChI is InChI=1S/C17H17FN8O2/c1-4-26-13(14(27)8(3)24-26)17-21-16(22-23-17)11-10-5-9(18)12(15(19)28)25(10)6-7(2)20-11/h5-6,27H,4H2,1-3H3,(H2,19,28)(H,21,22,23). The van der Waals surface area contributed by atoms with Crippen LogP contribution in [0.1, 0.15) is 28.8 Å². The number of carbonyl (C=O) groups is 1. The quantitative estimate of drug-likeness (QED) is 0.488. The molecule has 0 saturated carbocycles. The van der Waals surface area contributed by atoms with E-state index in [4.69, 9.17) is 5.73 Å². The number of aromatic hydroxyl groups is 1. The molecule has 4 rings (SSSR count). The summed E-state index contributed by atoms with van der Waals surface area (Å²) in [5.41, 5.74) is 6.97. The van der Waals surface area contributed by atoms with Gasteiger partial charge in [-0.2, -0.15) is 10.2 Å². The lowest BCUT2D eigenvalue weighted by Crippen LogP contribution is -2.15. The van der Waals surface area contributed by atoms with Gasteiger partial charge in [0, 0.05) is 18.8 Å². The van der Waals surface area contributed by atoms with Crippen LogP contribution in [0.2, 0.25) is 0 Å². The molecule has 10 nitrogen and oxygen atoms in total. The molecule has 0 aliphatic heterocycles. The SMILES string of the molecule is CCn1nc(C)c(O)c1-c1nc(-c2nc(C)cn3c(C(N)=O)c(F)cc23)n[nH]1. The second-order valence-corrected chi connectivity index (χ2v) is 6.30. The van der Waals surface area contributed by atoms with Gasteiger partial charge in [0.05, 0.1) is 11.2 Å². The predicted molar refractivity (Wildman–Crippen MR) is 97.1 cm³/mol. The number of primary amides is 1. The highest BCUT2D eigenvalue weighted by atomic mass is 19.1. The van der Waals surface area contributed by atoms with E-state index in [1.807, 2.05) is 6.92 Å². The van der Waals surface area contributed by atoms with E-state index in [1.165, 1.54) is 10.6 Å². The fraction of sp³-hybridized carbons (Fsp3) is 0.235. The van der Waals surface area contributed by atoms with Gasteiger partial charge in [-0.25, -0.2) is 14.4 Å². The van der Waals surface area contributed by atoms with Crippen LogP contribution >= 0.6 is 0 Å². The molecule has 0 radical (unpaired) electrons. The molecule has 11 heteroatoms. The number of rotatable bonds is 4. The van der Waals surface area contributed by atoms with Crippen LogP contribution < -0.4 is 5.73 Å². The average molecular weight is 384 g/mol. The third kappa shape index (κ3) is 2.51. The van der Waals surface area contributed by atoms with Crippen molar-refractivity contribution in [3.63, 3.8) is 0 Å². The molecule has 4 heterocycles. The Labute approximate surface area is 157 Å². The number of nitrogens with two attached hydrogens (primary N) is 1. The molecular formula is C17H17FN8O2. The van der Waals surface area contributed by atoms with Gasteiger partial charge in [-0.05, 0) is 20.8 Å². The summed E-state index contributed by atoms with van der Waals surface area (Å²) in [6.07, 6.45) is 1.51. The summed E-state index contributed by atoms with van der Waals surface area (Å²) in [5.74, 6) is -1.18. The van der Waals surface area contributed by atoms with E-state index >= 15 is 0 Å². The number of aromatic amines is 1. The normalized spacial score (nSPS) is 11.4. The Bertz CT molecular complexity index is 1240. The molecule has 0 atom stereocenters. The van der Waals surface area contributed by atoms with Crippen molar-refractivity contribution in [1.29, 1.82) is 0 Å². The molecule has 0 bridgehead atoms. The number of hydrogen-bond acceptors (Lipinski definition) is 6. The van der Waals surface area contributed by atoms with Gasteiger partial charge in [0.25, 0.3) is 5.91 Å². The van der Waals surface area contributed by atoms with Crippen molar-refractivity contribution in [2.24, 2.45) is 5.73 Å². The number of nitrogens with zero attached hydrogens (tertiary/aromatic N) is 6. The van der Waals surface area contributed by atoms with Crippen LogP contribution in [-0.2, 0) is 6.54 Å². The van der Waals surface area contributed by atoms with Crippen LogP contribution in [0.3, 0.4) is 0 Å². The van der Waals surface area contributed by atoms with Gasteiger partial charge in [-0.1, -0.05) is 0 Å². The third-order valence-corrected chi connectivity index (χ3v) is 4.39. The maximum atomic E-state index is 14.3. The van der Waals surface area contributed by atoms with Crippen molar-refractivity contribution in [2.45, 2.75) is 27.3 Å². The van der Waals surface area contributed by atoms with E-state index in [9.17, 15) is 14.3 Å². The van der Waals surface area contributed by atoms with Crippen molar-refractivity contribution in [3.8, 4) is 28.8 Å². The minimum Gasteiger partial charge on any atom is -0.504 e. The number of aromatic nitrogens is 7. The molecule has 0 unspecified atom stereocenters. The molecule has 4 aromatic heterocycles. The molecule has 0 aliphatic rings. The lowest BCUT2D eigenvalue weighted by molar-refractivity contribution is 0.0991. The summed E-state index contributed by atoms with van der Waals surface area (Å²) in [6, 6.07) is 1.16. The number of fused-ring (bicyclic) bond motifs is 1. The predicted octanol–water partition coefficient (Wildman–Crippen LogP) is 1.56. The van der Waals surface area contributed by atoms with Crippen LogP contribution in [-0.4, -0.2) is 45.4 Å². The van der Waals surface area contributed by atoms with Crippen molar-refractivity contribution in [2.75, 3.05) is 0 Å². The highest BCUT2D eigenvalue weighted by molar-refractivity contribution is 5.94. The molecule has 1 amide bonds. The fourth-order valence-corrected chi connectivity index (χ4v) is 3.17. The van der Waals surface area contributed by atoms with Gasteiger partial charge in [0.2, 0.25) is 5.82 Å². The summed E-state index contributed by atoms with van der Waals surface area (Å²) in [7, 11) is 0. The van der Waals surface area contributed by atoms with Crippen molar-refractivity contribution in [3.05, 3.63) is 35.2 Å². The lowest BCUT2D eigenvalue weighted by Gasteiger charge is -2.04. The molecule has 4 N–H and O–H groups in total. The van der Waals surface area contributed by atoms with E-state index < -0.39 is 11.7 Å². The first-order valence-electron chi connectivity index (χ1n) is 8.49. The number of amides is 1. The number of nitrogens with one attached hydrogen (secondary N) is 1. The third-order valence-electron chi connectivity index (χ3n) is 4.39. The second kappa shape index (κ2) is 6.15. The fourth-order valence-electron chi connectivity index (χ4n) is 3.17. The summed E-state index contributed by atoms with van der Waals surface area (Å²) in [4.78, 5) is 20.4. The number of carbonyl (C=O) groups excluding carboxylic acids is 1. The number of aryl methyl sites for hydroxylation is 3. The van der Waals surface area contributed by atoms with Crippen LogP contribution in [0.15, 0.2) is 12.3 Å². The van der Waals surface area contributed by atoms with Gasteiger partial charge in [0.15, 0.2) is 17.4 Å². The smallest absolute Gasteiger partial charge is 0.268 e. The first-order valence-corrected chi connectivity index (χ1v) is 8.49. The number of halogens is 1. The first-order chi connectivity index (χ1) is 13.3. The molecule has 0 fully saturated rings. The zero-order valence-electron chi connectivity index (χ0n) is 15.4. The summed E-state index contributed by atoms with van der Waals surface area (Å²) in [6.45, 7) is 5.78. The van der Waals surface area contributed by atoms with Gasteiger partial charge in [-0.3, -0.25) is 14.6 Å². The van der Waals surface area contributed by atoms with Crippen molar-refractivity contribution >= 4 is 11.4 Å². The molecule has 0 aliphatic carbocycles. The zero-order chi connectivity index (χ0) is 20.2. The van der Waals surface area contributed by atoms with Crippen LogP contribution in [0.4, 0.5) is 4.39 Å². The molecule has 28 heavy (non-hydrogen) atoms. The van der Waals surface area contributed by atoms with E-state index in [-0.39, 0.29) is 23.0 Å². The monoisotopic (exact) mass is 384 g/mol. The van der Waals surface area contributed by atoms with E-state index in [0.29, 0.717) is 35.0 Å². The van der Waals surface area contributed by atoms with E-state index in [0.717, 1.165) is 6.07 Å². The van der Waals surface area contributed by atoms with Crippen molar-refractivity contribution < 1.29 is 14.3 Å². The van der Waals surface area contributed by atoms with E-state index in [2.05, 4.69) is 25.3 Å². The first kappa shape index (κ1) is 17.6. The van der Waals surface area contributed by atoms with Gasteiger partial charge >= 0.3 is 0 Å². The number of H-pyrrole nitrogens is 1. The lowest BCUT2D eigenvalue weighted by atomic mass is 10.3. The Hall–Kier alpha value is -3.76. The Morgan fingerprint density at radius 2 is 2.11 bits per heavy atom. The molecule has 144 valence electrons. The zero-order valence-corrected chi connectivity index (χ0v) is 15.4. The molecular weight excluding hydrogens is 367 g/mol. The average Bonchev–Trinajstić information content (AvgIpc) is 3.30. The summed E-state index contributed by atoms with van der Waals surface area (Å²) < 4.78 is 17.2. The van der Waals surface area contributed by atoms with E-state index in [1.54, 1.807) is 18.5 Å². The van der Waals surface area contributed by atoms with Gasteiger partial charge in [-0.15, -0.1) is 0 Å². The maximum absolute atomic E-state index is 14.3. The largest absolute Gasteiger partial charge is 0.504 e. The Balaban J connectivity index is 1.92. The van der Waals surface area contributed by atoms with Crippen LogP contribution in [0.25, 0.3) is 28.6 Å². The van der Waals surface area contributed by atoms with Crippen LogP contribution in [0, 0.1) is 19.7 Å². The molecule has 0 saturated heterocycles. The summed E-state index contributed by atoms with van der Waals surface area (Å²) >= 11 is 0. The minimum absolute atomic E-state index is 0.00311. The van der Waals surface area contributed by atoms with Crippen molar-refractivity contribution in [1.82, 2.24) is 34.3 Å². The Morgan fingerprint density at radius 3 is 2.79 bits per heavy atom. The minimum atomic E-state index is -0.892. The highest BCUT2D eigenvalue weighted by Gasteiger charge is 2.23. The Morgan fingerprint density at radius 1 is 1.36 bits per heavy atom. The van der Waals surface area contributed by atoms with Crippen LogP contribution in [0.5, 0.6) is 5.75 Å². The molecule has 4 aromatic rings. The topological polar surface area (TPSA) is 140 Å². The molecule has 0 spiro atoms. The Kier molecular flexibility index (Phi) is 3.87. The maximum Gasteiger partial charge on any atom is 0.268 e. The second-order valence-electron chi connectivity index (χ2n) is 6.30. The van der Waals surface area contributed by atoms with Gasteiger partial charge in [0.1, 0.15) is 22.8 Å². The van der Waals surface area contributed by atoms with Gasteiger partial charge < -0.3 is 15.2 Å². The number of hydrogen-bond donors (Lipinski definition) is 3. The highest BCUT2D eigenvalue weighted by Crippen LogP contribution is 2.31. The molecule has 0 aromatic carbocycles.